The standard InChI is InChI=1S/C14H11N3OS.C14H10N2OS.ClH.H3NO/c1-19-12-7-10(8-16-18)17-14-11(12)5-4-9-3-2-6-15-13(9)14;1-18-12-7-10(8-17)16-14-11(12)5-4-9-3-2-6-15-13(9)14;;1-2/h2-8,18H,1H3;2-8H,1H3;1H;2H,1H2/b16-8+;;;. The second-order valence-electron chi connectivity index (χ2n) is 7.93. The average Bonchev–Trinajstić information content (AvgIpc) is 3.01. The Hall–Kier alpha value is -3.87. The second kappa shape index (κ2) is 14.5. The number of benzene rings is 2. The average molecular weight is 593 g/mol. The molecule has 6 rings (SSSR count). The summed E-state index contributed by atoms with van der Waals surface area (Å²) in [6.07, 6.45) is 9.62. The van der Waals surface area contributed by atoms with E-state index in [-0.39, 0.29) is 12.4 Å². The van der Waals surface area contributed by atoms with E-state index < -0.39 is 0 Å². The Morgan fingerprint density at radius 1 is 0.750 bits per heavy atom. The largest absolute Gasteiger partial charge is 0.411 e. The summed E-state index contributed by atoms with van der Waals surface area (Å²) in [4.78, 5) is 30.8. The lowest BCUT2D eigenvalue weighted by Crippen LogP contribution is -1.93. The van der Waals surface area contributed by atoms with E-state index >= 15 is 0 Å². The summed E-state index contributed by atoms with van der Waals surface area (Å²) in [5.74, 6) is 3.50. The van der Waals surface area contributed by atoms with Gasteiger partial charge < -0.3 is 10.4 Å². The van der Waals surface area contributed by atoms with Crippen molar-refractivity contribution in [2.24, 2.45) is 11.1 Å². The van der Waals surface area contributed by atoms with Crippen LogP contribution in [-0.4, -0.2) is 55.4 Å². The van der Waals surface area contributed by atoms with Gasteiger partial charge in [-0.25, -0.2) is 15.9 Å². The highest BCUT2D eigenvalue weighted by Gasteiger charge is 2.10. The minimum absolute atomic E-state index is 0. The van der Waals surface area contributed by atoms with E-state index in [4.69, 9.17) is 10.4 Å². The molecule has 0 unspecified atom stereocenters. The Kier molecular flexibility index (Phi) is 11.1. The third kappa shape index (κ3) is 6.30. The van der Waals surface area contributed by atoms with Crippen LogP contribution in [0, 0.1) is 0 Å². The molecule has 0 radical (unpaired) electrons. The van der Waals surface area contributed by atoms with Gasteiger partial charge in [-0.05, 0) is 36.8 Å². The number of oxime groups is 1. The maximum atomic E-state index is 11.0. The number of aromatic nitrogens is 4. The Labute approximate surface area is 244 Å². The number of rotatable bonds is 4. The highest BCUT2D eigenvalue weighted by Crippen LogP contribution is 2.31. The smallest absolute Gasteiger partial charge is 0.168 e. The first kappa shape index (κ1) is 30.7. The van der Waals surface area contributed by atoms with Crippen LogP contribution >= 0.6 is 35.9 Å². The van der Waals surface area contributed by atoms with Crippen LogP contribution in [0.25, 0.3) is 43.6 Å². The Morgan fingerprint density at radius 3 is 1.68 bits per heavy atom. The van der Waals surface area contributed by atoms with Crippen molar-refractivity contribution < 1.29 is 15.2 Å². The van der Waals surface area contributed by atoms with Gasteiger partial charge in [0.1, 0.15) is 5.69 Å². The van der Waals surface area contributed by atoms with Gasteiger partial charge in [0, 0.05) is 43.7 Å². The molecule has 0 atom stereocenters. The van der Waals surface area contributed by atoms with Crippen molar-refractivity contribution in [3.05, 3.63) is 84.4 Å². The summed E-state index contributed by atoms with van der Waals surface area (Å²) in [5, 5.41) is 22.4. The molecule has 0 saturated heterocycles. The van der Waals surface area contributed by atoms with Gasteiger partial charge >= 0.3 is 0 Å². The maximum absolute atomic E-state index is 11.0. The molecule has 204 valence electrons. The lowest BCUT2D eigenvalue weighted by Gasteiger charge is -2.07. The van der Waals surface area contributed by atoms with Crippen LogP contribution < -0.4 is 5.90 Å². The predicted octanol–water partition coefficient (Wildman–Crippen LogP) is 6.39. The summed E-state index contributed by atoms with van der Waals surface area (Å²) >= 11 is 3.25. The van der Waals surface area contributed by atoms with Gasteiger partial charge in [-0.1, -0.05) is 41.6 Å². The molecule has 4 aromatic heterocycles. The topological polar surface area (TPSA) is 147 Å². The van der Waals surface area contributed by atoms with Crippen molar-refractivity contribution >= 4 is 92.0 Å². The van der Waals surface area contributed by atoms with Gasteiger partial charge in [0.25, 0.3) is 0 Å². The molecule has 0 saturated carbocycles. The molecule has 0 bridgehead atoms. The molecule has 4 N–H and O–H groups in total. The first-order valence-corrected chi connectivity index (χ1v) is 13.9. The van der Waals surface area contributed by atoms with E-state index in [1.54, 1.807) is 35.9 Å². The molecule has 0 fully saturated rings. The van der Waals surface area contributed by atoms with Crippen molar-refractivity contribution in [3.8, 4) is 0 Å². The number of halogens is 1. The monoisotopic (exact) mass is 592 g/mol. The van der Waals surface area contributed by atoms with Gasteiger partial charge in [-0.15, -0.1) is 35.9 Å². The molecular weight excluding hydrogens is 568 g/mol. The van der Waals surface area contributed by atoms with Crippen LogP contribution in [0.5, 0.6) is 0 Å². The van der Waals surface area contributed by atoms with Gasteiger partial charge in [0.15, 0.2) is 6.29 Å². The normalized spacial score (nSPS) is 10.6. The number of aldehydes is 1. The SMILES string of the molecule is CSc1cc(/C=N/O)nc2c1ccc1cccnc12.CSc1cc(C=O)nc2c1ccc1cccnc12.Cl.NO. The minimum Gasteiger partial charge on any atom is -0.411 e. The zero-order chi connectivity index (χ0) is 27.8. The highest BCUT2D eigenvalue weighted by atomic mass is 35.5. The zero-order valence-corrected chi connectivity index (χ0v) is 23.9. The zero-order valence-electron chi connectivity index (χ0n) is 21.4. The maximum Gasteiger partial charge on any atom is 0.168 e. The number of nitrogens with two attached hydrogens (primary N) is 1. The molecule has 0 amide bonds. The first-order chi connectivity index (χ1) is 19.2. The van der Waals surface area contributed by atoms with Crippen molar-refractivity contribution in [2.75, 3.05) is 12.5 Å². The lowest BCUT2D eigenvalue weighted by molar-refractivity contribution is 0.111. The van der Waals surface area contributed by atoms with Gasteiger partial charge in [0.05, 0.1) is 34.0 Å². The molecule has 0 aliphatic carbocycles. The lowest BCUT2D eigenvalue weighted by atomic mass is 10.1. The van der Waals surface area contributed by atoms with Crippen molar-refractivity contribution in [1.29, 1.82) is 0 Å². The Morgan fingerprint density at radius 2 is 1.23 bits per heavy atom. The quantitative estimate of drug-likeness (QED) is 0.0525. The molecule has 0 aliphatic rings. The molecule has 0 aliphatic heterocycles. The van der Waals surface area contributed by atoms with Gasteiger partial charge in [-0.2, -0.15) is 0 Å². The van der Waals surface area contributed by atoms with Gasteiger partial charge in [-0.3, -0.25) is 14.8 Å². The van der Waals surface area contributed by atoms with Crippen molar-refractivity contribution in [1.82, 2.24) is 19.9 Å². The summed E-state index contributed by atoms with van der Waals surface area (Å²) < 4.78 is 0. The predicted molar refractivity (Wildman–Crippen MR) is 166 cm³/mol. The van der Waals surface area contributed by atoms with Gasteiger partial charge in [0.2, 0.25) is 0 Å². The fraction of sp³-hybridized carbons (Fsp3) is 0.0714. The van der Waals surface area contributed by atoms with E-state index in [9.17, 15) is 4.79 Å². The number of thioether (sulfide) groups is 2. The second-order valence-corrected chi connectivity index (χ2v) is 9.63. The van der Waals surface area contributed by atoms with Crippen LogP contribution in [0.15, 0.2) is 88.0 Å². The summed E-state index contributed by atoms with van der Waals surface area (Å²) in [6.45, 7) is 0. The fourth-order valence-corrected chi connectivity index (χ4v) is 5.40. The summed E-state index contributed by atoms with van der Waals surface area (Å²) in [6, 6.07) is 19.7. The van der Waals surface area contributed by atoms with E-state index in [1.807, 2.05) is 67.1 Å². The third-order valence-corrected chi connectivity index (χ3v) is 7.37. The number of hydrogen-bond donors (Lipinski definition) is 3. The van der Waals surface area contributed by atoms with Crippen molar-refractivity contribution in [2.45, 2.75) is 9.79 Å². The van der Waals surface area contributed by atoms with Crippen LogP contribution in [0.1, 0.15) is 16.2 Å². The van der Waals surface area contributed by atoms with Crippen LogP contribution in [0.3, 0.4) is 0 Å². The molecular formula is C28H25ClN6O3S2. The highest BCUT2D eigenvalue weighted by molar-refractivity contribution is 7.99. The number of nitrogens with zero attached hydrogens (tertiary/aromatic N) is 5. The van der Waals surface area contributed by atoms with Crippen LogP contribution in [0.2, 0.25) is 0 Å². The molecule has 40 heavy (non-hydrogen) atoms. The number of fused-ring (bicyclic) bond motifs is 6. The summed E-state index contributed by atoms with van der Waals surface area (Å²) in [7, 11) is 0. The number of hydrogen-bond acceptors (Lipinski definition) is 11. The minimum atomic E-state index is 0. The summed E-state index contributed by atoms with van der Waals surface area (Å²) in [5.41, 5.74) is 4.40. The first-order valence-electron chi connectivity index (χ1n) is 11.5. The molecule has 0 spiro atoms. The van der Waals surface area contributed by atoms with Crippen LogP contribution in [0.4, 0.5) is 0 Å². The number of carbonyl (C=O) groups is 1. The Balaban J connectivity index is 0.000000203. The molecule has 6 aromatic rings. The molecule has 9 nitrogen and oxygen atoms in total. The van der Waals surface area contributed by atoms with E-state index in [2.05, 4.69) is 37.1 Å². The molecule has 12 heteroatoms. The Bertz CT molecular complexity index is 1820. The van der Waals surface area contributed by atoms with E-state index in [0.717, 1.165) is 59.7 Å². The number of pyridine rings is 4. The van der Waals surface area contributed by atoms with Crippen molar-refractivity contribution in [3.63, 3.8) is 0 Å². The number of carbonyl (C=O) groups excluding carboxylic acids is 1. The molecule has 4 heterocycles. The molecule has 2 aromatic carbocycles. The van der Waals surface area contributed by atoms with E-state index in [1.165, 1.54) is 6.21 Å². The third-order valence-electron chi connectivity index (χ3n) is 5.82. The van der Waals surface area contributed by atoms with Crippen LogP contribution in [-0.2, 0) is 0 Å². The van der Waals surface area contributed by atoms with E-state index in [0.29, 0.717) is 11.4 Å². The fourth-order valence-electron chi connectivity index (χ4n) is 4.15.